The van der Waals surface area contributed by atoms with Crippen molar-refractivity contribution >= 4 is 12.3 Å². The summed E-state index contributed by atoms with van der Waals surface area (Å²) in [5.41, 5.74) is 5.18. The highest BCUT2D eigenvalue weighted by molar-refractivity contribution is 6.01. The summed E-state index contributed by atoms with van der Waals surface area (Å²) < 4.78 is 0. The highest BCUT2D eigenvalue weighted by Crippen LogP contribution is 1.90. The zero-order valence-corrected chi connectivity index (χ0v) is 5.33. The van der Waals surface area contributed by atoms with E-state index in [4.69, 9.17) is 5.73 Å². The first-order valence-corrected chi connectivity index (χ1v) is 2.55. The molecule has 0 heterocycles. The molecule has 0 radical (unpaired) electrons. The summed E-state index contributed by atoms with van der Waals surface area (Å²) in [4.78, 5) is 20.4. The molecule has 4 nitrogen and oxygen atoms in total. The van der Waals surface area contributed by atoms with Crippen LogP contribution in [-0.2, 0) is 9.59 Å². The summed E-state index contributed by atoms with van der Waals surface area (Å²) in [6, 6.07) is 0. The Hall–Kier alpha value is -1.58. The number of hydrogen-bond donors (Lipinski definition) is 2. The van der Waals surface area contributed by atoms with E-state index in [1.807, 2.05) is 5.32 Å². The van der Waals surface area contributed by atoms with Crippen LogP contribution in [0.15, 0.2) is 24.4 Å². The molecule has 0 saturated carbocycles. The molecular weight excluding hydrogens is 132 g/mol. The van der Waals surface area contributed by atoms with Crippen LogP contribution < -0.4 is 11.1 Å². The predicted molar refractivity (Wildman–Crippen MR) is 36.7 cm³/mol. The van der Waals surface area contributed by atoms with Gasteiger partial charge >= 0.3 is 0 Å². The third-order valence-electron chi connectivity index (χ3n) is 0.852. The molecule has 3 N–H and O–H groups in total. The monoisotopic (exact) mass is 140 g/mol. The minimum atomic E-state index is -0.549. The van der Waals surface area contributed by atoms with E-state index in [1.54, 1.807) is 0 Å². The van der Waals surface area contributed by atoms with Gasteiger partial charge in [-0.15, -0.1) is 0 Å². The fourth-order valence-corrected chi connectivity index (χ4v) is 0.373. The Morgan fingerprint density at radius 1 is 1.60 bits per heavy atom. The highest BCUT2D eigenvalue weighted by Gasteiger charge is 2.01. The van der Waals surface area contributed by atoms with Crippen molar-refractivity contribution in [2.24, 2.45) is 5.73 Å². The van der Waals surface area contributed by atoms with Crippen molar-refractivity contribution in [3.8, 4) is 0 Å². The fourth-order valence-electron chi connectivity index (χ4n) is 0.373. The van der Waals surface area contributed by atoms with E-state index in [0.717, 1.165) is 6.20 Å². The molecule has 0 saturated heterocycles. The first kappa shape index (κ1) is 8.42. The van der Waals surface area contributed by atoms with Crippen LogP contribution in [0.25, 0.3) is 0 Å². The van der Waals surface area contributed by atoms with E-state index in [0.29, 0.717) is 0 Å². The lowest BCUT2D eigenvalue weighted by molar-refractivity contribution is -0.122. The van der Waals surface area contributed by atoms with Crippen molar-refractivity contribution in [3.05, 3.63) is 24.4 Å². The van der Waals surface area contributed by atoms with E-state index in [1.165, 1.54) is 6.08 Å². The Morgan fingerprint density at radius 2 is 2.20 bits per heavy atom. The van der Waals surface area contributed by atoms with Crippen molar-refractivity contribution < 1.29 is 9.59 Å². The smallest absolute Gasteiger partial charge is 0.259 e. The van der Waals surface area contributed by atoms with Crippen LogP contribution in [0.2, 0.25) is 0 Å². The van der Waals surface area contributed by atoms with Crippen LogP contribution in [0.1, 0.15) is 0 Å². The van der Waals surface area contributed by atoms with Crippen LogP contribution in [0.4, 0.5) is 0 Å². The van der Waals surface area contributed by atoms with Gasteiger partial charge in [-0.1, -0.05) is 12.7 Å². The molecule has 0 fully saturated rings. The minimum Gasteiger partial charge on any atom is -0.404 e. The SMILES string of the molecule is C=C/C(=C/N)C(=O)NC=O. The van der Waals surface area contributed by atoms with Crippen LogP contribution in [0, 0.1) is 0 Å². The van der Waals surface area contributed by atoms with Gasteiger partial charge in [0.1, 0.15) is 0 Å². The third-order valence-corrected chi connectivity index (χ3v) is 0.852. The number of hydrogen-bond acceptors (Lipinski definition) is 3. The summed E-state index contributed by atoms with van der Waals surface area (Å²) in [7, 11) is 0. The van der Waals surface area contributed by atoms with Gasteiger partial charge in [-0.05, 0) is 0 Å². The van der Waals surface area contributed by atoms with Gasteiger partial charge in [-0.2, -0.15) is 0 Å². The van der Waals surface area contributed by atoms with E-state index < -0.39 is 5.91 Å². The second kappa shape index (κ2) is 4.31. The van der Waals surface area contributed by atoms with Crippen molar-refractivity contribution in [2.75, 3.05) is 0 Å². The van der Waals surface area contributed by atoms with Crippen molar-refractivity contribution in [1.29, 1.82) is 0 Å². The van der Waals surface area contributed by atoms with Gasteiger partial charge < -0.3 is 5.73 Å². The number of carbonyl (C=O) groups is 2. The molecule has 0 aliphatic carbocycles. The van der Waals surface area contributed by atoms with Gasteiger partial charge in [-0.25, -0.2) is 0 Å². The van der Waals surface area contributed by atoms with Crippen LogP contribution in [0.3, 0.4) is 0 Å². The molecule has 0 unspecified atom stereocenters. The predicted octanol–water partition coefficient (Wildman–Crippen LogP) is -0.712. The number of rotatable bonds is 3. The van der Waals surface area contributed by atoms with Crippen molar-refractivity contribution in [2.45, 2.75) is 0 Å². The Labute approximate surface area is 58.4 Å². The maximum Gasteiger partial charge on any atom is 0.259 e. The first-order chi connectivity index (χ1) is 4.76. The summed E-state index contributed by atoms with van der Waals surface area (Å²) in [5, 5.41) is 1.91. The van der Waals surface area contributed by atoms with E-state index in [2.05, 4.69) is 6.58 Å². The molecule has 0 aromatic carbocycles. The zero-order valence-electron chi connectivity index (χ0n) is 5.33. The van der Waals surface area contributed by atoms with Crippen LogP contribution >= 0.6 is 0 Å². The molecule has 0 rings (SSSR count). The summed E-state index contributed by atoms with van der Waals surface area (Å²) in [6.45, 7) is 3.31. The molecule has 0 aliphatic rings. The molecule has 0 aromatic heterocycles. The van der Waals surface area contributed by atoms with E-state index in [9.17, 15) is 9.59 Å². The number of nitrogens with two attached hydrogens (primary N) is 1. The lowest BCUT2D eigenvalue weighted by atomic mass is 10.3. The van der Waals surface area contributed by atoms with Crippen LogP contribution in [0.5, 0.6) is 0 Å². The maximum atomic E-state index is 10.6. The minimum absolute atomic E-state index is 0.173. The molecule has 0 atom stereocenters. The second-order valence-corrected chi connectivity index (χ2v) is 1.42. The van der Waals surface area contributed by atoms with Gasteiger partial charge in [0.25, 0.3) is 5.91 Å². The quantitative estimate of drug-likeness (QED) is 0.309. The van der Waals surface area contributed by atoms with Gasteiger partial charge in [0.05, 0.1) is 5.57 Å². The molecule has 0 spiro atoms. The molecule has 54 valence electrons. The fraction of sp³-hybridized carbons (Fsp3) is 0. The molecule has 0 aromatic rings. The zero-order chi connectivity index (χ0) is 7.98. The molecule has 0 bridgehead atoms. The number of carbonyl (C=O) groups excluding carboxylic acids is 2. The van der Waals surface area contributed by atoms with Gasteiger partial charge in [0.15, 0.2) is 0 Å². The standard InChI is InChI=1S/C6H8N2O2/c1-2-5(3-7)6(10)8-4-9/h2-4H,1,7H2,(H,8,9,10)/b5-3-. The van der Waals surface area contributed by atoms with Crippen molar-refractivity contribution in [1.82, 2.24) is 5.32 Å². The molecular formula is C6H8N2O2. The third kappa shape index (κ3) is 2.13. The van der Waals surface area contributed by atoms with Crippen molar-refractivity contribution in [3.63, 3.8) is 0 Å². The van der Waals surface area contributed by atoms with Crippen LogP contribution in [-0.4, -0.2) is 12.3 Å². The average molecular weight is 140 g/mol. The first-order valence-electron chi connectivity index (χ1n) is 2.55. The lowest BCUT2D eigenvalue weighted by Crippen LogP contribution is -2.22. The molecule has 0 aliphatic heterocycles. The summed E-state index contributed by atoms with van der Waals surface area (Å²) in [5.74, 6) is -0.549. The lowest BCUT2D eigenvalue weighted by Gasteiger charge is -1.94. The Kier molecular flexibility index (Phi) is 3.63. The van der Waals surface area contributed by atoms with Gasteiger partial charge in [0, 0.05) is 6.20 Å². The average Bonchev–Trinajstić information content (AvgIpc) is 1.91. The van der Waals surface area contributed by atoms with Gasteiger partial charge in [0.2, 0.25) is 6.41 Å². The Bertz CT molecular complexity index is 184. The Balaban J connectivity index is 4.16. The maximum absolute atomic E-state index is 10.6. The second-order valence-electron chi connectivity index (χ2n) is 1.42. The topological polar surface area (TPSA) is 72.2 Å². The van der Waals surface area contributed by atoms with Gasteiger partial charge in [-0.3, -0.25) is 14.9 Å². The summed E-state index contributed by atoms with van der Waals surface area (Å²) >= 11 is 0. The van der Waals surface area contributed by atoms with E-state index in [-0.39, 0.29) is 12.0 Å². The van der Waals surface area contributed by atoms with E-state index >= 15 is 0 Å². The highest BCUT2D eigenvalue weighted by atomic mass is 16.2. The normalized spacial score (nSPS) is 10.2. The Morgan fingerprint density at radius 3 is 2.50 bits per heavy atom. The summed E-state index contributed by atoms with van der Waals surface area (Å²) in [6.07, 6.45) is 2.62. The molecule has 10 heavy (non-hydrogen) atoms. The largest absolute Gasteiger partial charge is 0.404 e. The molecule has 2 amide bonds. The number of amides is 2. The number of imide groups is 1. The number of nitrogens with one attached hydrogen (secondary N) is 1. The molecule has 4 heteroatoms.